The van der Waals surface area contributed by atoms with Crippen molar-refractivity contribution in [2.45, 2.75) is 97.5 Å². The van der Waals surface area contributed by atoms with E-state index in [1.54, 1.807) is 6.92 Å². The fourth-order valence-corrected chi connectivity index (χ4v) is 2.26. The molecule has 1 unspecified atom stereocenters. The molecule has 0 rings (SSSR count). The van der Waals surface area contributed by atoms with E-state index in [0.717, 1.165) is 19.3 Å². The van der Waals surface area contributed by atoms with Gasteiger partial charge in [-0.2, -0.15) is 0 Å². The Bertz CT molecular complexity index is 201. The SMILES string of the molecule is C[CH]C(=O)OC(CCCC)CCCCCCCCC. The van der Waals surface area contributed by atoms with Crippen LogP contribution in [0.15, 0.2) is 0 Å². The maximum absolute atomic E-state index is 11.3. The van der Waals surface area contributed by atoms with Crippen LogP contribution < -0.4 is 0 Å². The van der Waals surface area contributed by atoms with Gasteiger partial charge in [0.2, 0.25) is 0 Å². The van der Waals surface area contributed by atoms with Crippen LogP contribution >= 0.6 is 0 Å². The molecule has 0 fully saturated rings. The zero-order chi connectivity index (χ0) is 14.3. The van der Waals surface area contributed by atoms with Gasteiger partial charge in [0.05, 0.1) is 6.42 Å². The first-order valence-corrected chi connectivity index (χ1v) is 8.24. The Morgan fingerprint density at radius 1 is 0.895 bits per heavy atom. The van der Waals surface area contributed by atoms with Crippen molar-refractivity contribution in [1.29, 1.82) is 0 Å². The molecular formula is C17H33O2. The molecule has 0 N–H and O–H groups in total. The molecule has 0 aromatic heterocycles. The van der Waals surface area contributed by atoms with E-state index in [-0.39, 0.29) is 12.1 Å². The highest BCUT2D eigenvalue weighted by atomic mass is 16.5. The monoisotopic (exact) mass is 269 g/mol. The van der Waals surface area contributed by atoms with Gasteiger partial charge in [0, 0.05) is 0 Å². The van der Waals surface area contributed by atoms with E-state index in [1.165, 1.54) is 57.8 Å². The number of carbonyl (C=O) groups excluding carboxylic acids is 1. The Labute approximate surface area is 120 Å². The van der Waals surface area contributed by atoms with E-state index in [0.29, 0.717) is 0 Å². The minimum atomic E-state index is -0.163. The molecule has 0 heterocycles. The summed E-state index contributed by atoms with van der Waals surface area (Å²) in [6, 6.07) is 0. The summed E-state index contributed by atoms with van der Waals surface area (Å²) in [5.74, 6) is -0.163. The van der Waals surface area contributed by atoms with Crippen LogP contribution in [0.1, 0.15) is 91.4 Å². The average molecular weight is 269 g/mol. The summed E-state index contributed by atoms with van der Waals surface area (Å²) in [5.41, 5.74) is 0. The molecule has 0 aliphatic heterocycles. The van der Waals surface area contributed by atoms with Gasteiger partial charge < -0.3 is 4.74 Å². The van der Waals surface area contributed by atoms with E-state index in [2.05, 4.69) is 13.8 Å². The van der Waals surface area contributed by atoms with Crippen molar-refractivity contribution < 1.29 is 9.53 Å². The summed E-state index contributed by atoms with van der Waals surface area (Å²) in [4.78, 5) is 11.3. The summed E-state index contributed by atoms with van der Waals surface area (Å²) in [5, 5.41) is 0. The van der Waals surface area contributed by atoms with Gasteiger partial charge in [-0.15, -0.1) is 0 Å². The van der Waals surface area contributed by atoms with Gasteiger partial charge in [0.25, 0.3) is 0 Å². The molecule has 1 atom stereocenters. The smallest absolute Gasteiger partial charge is 0.309 e. The second-order valence-corrected chi connectivity index (χ2v) is 5.40. The van der Waals surface area contributed by atoms with E-state index in [1.807, 2.05) is 0 Å². The lowest BCUT2D eigenvalue weighted by atomic mass is 10.0. The third-order valence-electron chi connectivity index (χ3n) is 3.53. The lowest BCUT2D eigenvalue weighted by molar-refractivity contribution is -0.145. The number of esters is 1. The maximum Gasteiger partial charge on any atom is 0.309 e. The molecular weight excluding hydrogens is 236 g/mol. The number of ether oxygens (including phenoxy) is 1. The van der Waals surface area contributed by atoms with Crippen LogP contribution in [0.4, 0.5) is 0 Å². The van der Waals surface area contributed by atoms with E-state index in [4.69, 9.17) is 4.74 Å². The molecule has 2 nitrogen and oxygen atoms in total. The zero-order valence-electron chi connectivity index (χ0n) is 13.2. The number of hydrogen-bond donors (Lipinski definition) is 0. The van der Waals surface area contributed by atoms with Gasteiger partial charge in [-0.25, -0.2) is 0 Å². The van der Waals surface area contributed by atoms with Gasteiger partial charge in [0.1, 0.15) is 6.10 Å². The van der Waals surface area contributed by atoms with E-state index in [9.17, 15) is 4.79 Å². The molecule has 0 aliphatic rings. The van der Waals surface area contributed by atoms with Gasteiger partial charge in [-0.3, -0.25) is 4.79 Å². The van der Waals surface area contributed by atoms with Gasteiger partial charge >= 0.3 is 5.97 Å². The van der Waals surface area contributed by atoms with Gasteiger partial charge in [-0.05, 0) is 19.3 Å². The molecule has 0 aromatic rings. The summed E-state index contributed by atoms with van der Waals surface area (Å²) < 4.78 is 5.45. The van der Waals surface area contributed by atoms with Crippen molar-refractivity contribution in [2.24, 2.45) is 0 Å². The fraction of sp³-hybridized carbons (Fsp3) is 0.882. The van der Waals surface area contributed by atoms with Crippen LogP contribution in [0.25, 0.3) is 0 Å². The Kier molecular flexibility index (Phi) is 13.5. The Morgan fingerprint density at radius 3 is 2.00 bits per heavy atom. The van der Waals surface area contributed by atoms with Crippen molar-refractivity contribution in [2.75, 3.05) is 0 Å². The lowest BCUT2D eigenvalue weighted by Crippen LogP contribution is -2.18. The van der Waals surface area contributed by atoms with Crippen molar-refractivity contribution in [3.05, 3.63) is 6.42 Å². The highest BCUT2D eigenvalue weighted by Gasteiger charge is 2.12. The Balaban J connectivity index is 3.64. The van der Waals surface area contributed by atoms with Crippen molar-refractivity contribution >= 4 is 5.97 Å². The third kappa shape index (κ3) is 12.3. The quantitative estimate of drug-likeness (QED) is 0.328. The Hall–Kier alpha value is -0.530. The summed E-state index contributed by atoms with van der Waals surface area (Å²) in [7, 11) is 0. The van der Waals surface area contributed by atoms with Crippen LogP contribution in [0, 0.1) is 6.42 Å². The number of carbonyl (C=O) groups is 1. The number of rotatable bonds is 13. The fourth-order valence-electron chi connectivity index (χ4n) is 2.26. The van der Waals surface area contributed by atoms with Crippen LogP contribution in [0.3, 0.4) is 0 Å². The molecule has 2 heteroatoms. The van der Waals surface area contributed by atoms with Crippen LogP contribution in [0.5, 0.6) is 0 Å². The summed E-state index contributed by atoms with van der Waals surface area (Å²) >= 11 is 0. The number of hydrogen-bond acceptors (Lipinski definition) is 2. The molecule has 0 aliphatic carbocycles. The van der Waals surface area contributed by atoms with E-state index < -0.39 is 0 Å². The van der Waals surface area contributed by atoms with Crippen LogP contribution in [-0.2, 0) is 9.53 Å². The Morgan fingerprint density at radius 2 is 1.42 bits per heavy atom. The van der Waals surface area contributed by atoms with Crippen molar-refractivity contribution in [1.82, 2.24) is 0 Å². The summed E-state index contributed by atoms with van der Waals surface area (Å²) in [6.45, 7) is 6.17. The first-order valence-electron chi connectivity index (χ1n) is 8.24. The van der Waals surface area contributed by atoms with Crippen molar-refractivity contribution in [3.63, 3.8) is 0 Å². The highest BCUT2D eigenvalue weighted by Crippen LogP contribution is 2.15. The lowest BCUT2D eigenvalue weighted by Gasteiger charge is -2.17. The molecule has 0 amide bonds. The molecule has 0 aromatic carbocycles. The molecule has 19 heavy (non-hydrogen) atoms. The van der Waals surface area contributed by atoms with Gasteiger partial charge in [-0.1, -0.05) is 72.1 Å². The molecule has 113 valence electrons. The standard InChI is InChI=1S/C17H33O2/c1-4-7-9-10-11-12-13-15-16(14-8-5-2)19-17(18)6-3/h6,16H,4-5,7-15H2,1-3H3. The first kappa shape index (κ1) is 18.5. The van der Waals surface area contributed by atoms with Crippen molar-refractivity contribution in [3.8, 4) is 0 Å². The average Bonchev–Trinajstić information content (AvgIpc) is 2.43. The minimum Gasteiger partial charge on any atom is -0.462 e. The normalized spacial score (nSPS) is 12.4. The maximum atomic E-state index is 11.3. The zero-order valence-corrected chi connectivity index (χ0v) is 13.2. The molecule has 0 bridgehead atoms. The second-order valence-electron chi connectivity index (χ2n) is 5.40. The molecule has 1 radical (unpaired) electrons. The van der Waals surface area contributed by atoms with Crippen LogP contribution in [0.2, 0.25) is 0 Å². The topological polar surface area (TPSA) is 26.3 Å². The largest absolute Gasteiger partial charge is 0.462 e. The molecule has 0 spiro atoms. The third-order valence-corrected chi connectivity index (χ3v) is 3.53. The number of unbranched alkanes of at least 4 members (excludes halogenated alkanes) is 7. The highest BCUT2D eigenvalue weighted by molar-refractivity contribution is 5.78. The predicted molar refractivity (Wildman–Crippen MR) is 82.0 cm³/mol. The molecule has 0 saturated carbocycles. The van der Waals surface area contributed by atoms with Gasteiger partial charge in [0.15, 0.2) is 0 Å². The minimum absolute atomic E-state index is 0.138. The second kappa shape index (κ2) is 13.9. The predicted octanol–water partition coefficient (Wildman–Crippen LogP) is 5.45. The first-order chi connectivity index (χ1) is 9.24. The summed E-state index contributed by atoms with van der Waals surface area (Å²) in [6.07, 6.45) is 15.2. The van der Waals surface area contributed by atoms with Crippen LogP contribution in [-0.4, -0.2) is 12.1 Å². The molecule has 0 saturated heterocycles. The van der Waals surface area contributed by atoms with E-state index >= 15 is 0 Å².